The van der Waals surface area contributed by atoms with E-state index < -0.39 is 10.0 Å². The van der Waals surface area contributed by atoms with Crippen LogP contribution in [0.2, 0.25) is 0 Å². The second-order valence-electron chi connectivity index (χ2n) is 4.24. The van der Waals surface area contributed by atoms with Gasteiger partial charge in [0.05, 0.1) is 0 Å². The van der Waals surface area contributed by atoms with E-state index in [1.165, 1.54) is 17.0 Å². The molecule has 4 nitrogen and oxygen atoms in total. The summed E-state index contributed by atoms with van der Waals surface area (Å²) in [6, 6.07) is 7.86. The summed E-state index contributed by atoms with van der Waals surface area (Å²) in [4.78, 5) is 2.03. The predicted octanol–water partition coefficient (Wildman–Crippen LogP) is 2.55. The minimum absolute atomic E-state index is 0.0972. The molecule has 1 aromatic carbocycles. The van der Waals surface area contributed by atoms with Gasteiger partial charge in [0.25, 0.3) is 0 Å². The Bertz CT molecular complexity index is 670. The number of aryl methyl sites for hydroxylation is 2. The number of phenolic OH excluding ortho intramolecular Hbond substituents is 1. The quantitative estimate of drug-likeness (QED) is 0.911. The molecule has 0 saturated carbocycles. The molecule has 19 heavy (non-hydrogen) atoms. The van der Waals surface area contributed by atoms with Crippen LogP contribution < -0.4 is 4.72 Å². The minimum Gasteiger partial charge on any atom is -0.507 e. The maximum Gasteiger partial charge on any atom is 0.244 e. The average Bonchev–Trinajstić information content (AvgIpc) is 2.67. The maximum atomic E-state index is 12.1. The molecule has 1 heterocycles. The Balaban J connectivity index is 2.17. The Labute approximate surface area is 116 Å². The van der Waals surface area contributed by atoms with E-state index >= 15 is 0 Å². The first kappa shape index (κ1) is 14.0. The van der Waals surface area contributed by atoms with Crippen LogP contribution in [-0.4, -0.2) is 13.5 Å². The third-order valence-corrected chi connectivity index (χ3v) is 5.41. The lowest BCUT2D eigenvalue weighted by Gasteiger charge is -2.07. The molecule has 0 aliphatic carbocycles. The number of thiophene rings is 1. The fraction of sp³-hybridized carbons (Fsp3) is 0.231. The molecule has 0 radical (unpaired) electrons. The largest absolute Gasteiger partial charge is 0.507 e. The first-order valence-corrected chi connectivity index (χ1v) is 8.03. The molecule has 0 spiro atoms. The summed E-state index contributed by atoms with van der Waals surface area (Å²) in [6.07, 6.45) is 0. The Morgan fingerprint density at radius 2 is 1.95 bits per heavy atom. The van der Waals surface area contributed by atoms with E-state index in [1.54, 1.807) is 23.5 Å². The molecule has 0 bridgehead atoms. The SMILES string of the molecule is Cc1cc(CNS(=O)(=O)c2ccccc2O)sc1C. The van der Waals surface area contributed by atoms with Gasteiger partial charge in [0, 0.05) is 16.3 Å². The van der Waals surface area contributed by atoms with E-state index in [0.29, 0.717) is 0 Å². The lowest BCUT2D eigenvalue weighted by atomic mass is 10.3. The third kappa shape index (κ3) is 3.15. The van der Waals surface area contributed by atoms with Crippen molar-refractivity contribution in [2.24, 2.45) is 0 Å². The summed E-state index contributed by atoms with van der Waals surface area (Å²) in [5, 5.41) is 9.58. The van der Waals surface area contributed by atoms with Gasteiger partial charge >= 0.3 is 0 Å². The lowest BCUT2D eigenvalue weighted by Crippen LogP contribution is -2.22. The van der Waals surface area contributed by atoms with Gasteiger partial charge in [0.2, 0.25) is 10.0 Å². The zero-order valence-electron chi connectivity index (χ0n) is 10.7. The van der Waals surface area contributed by atoms with Crippen LogP contribution >= 0.6 is 11.3 Å². The highest BCUT2D eigenvalue weighted by atomic mass is 32.2. The first-order chi connectivity index (χ1) is 8.90. The Morgan fingerprint density at radius 1 is 1.26 bits per heavy atom. The minimum atomic E-state index is -3.69. The standard InChI is InChI=1S/C13H15NO3S2/c1-9-7-11(18-10(9)2)8-14-19(16,17)13-6-4-3-5-12(13)15/h3-7,14-15H,8H2,1-2H3. The van der Waals surface area contributed by atoms with Crippen molar-refractivity contribution in [3.63, 3.8) is 0 Å². The molecule has 2 N–H and O–H groups in total. The van der Waals surface area contributed by atoms with Gasteiger partial charge in [0.15, 0.2) is 0 Å². The van der Waals surface area contributed by atoms with Crippen molar-refractivity contribution < 1.29 is 13.5 Å². The van der Waals surface area contributed by atoms with Gasteiger partial charge in [-0.2, -0.15) is 0 Å². The molecular formula is C13H15NO3S2. The van der Waals surface area contributed by atoms with Crippen molar-refractivity contribution in [3.05, 3.63) is 45.6 Å². The number of aromatic hydroxyl groups is 1. The molecule has 0 aliphatic heterocycles. The first-order valence-electron chi connectivity index (χ1n) is 5.74. The van der Waals surface area contributed by atoms with Crippen LogP contribution in [-0.2, 0) is 16.6 Å². The number of sulfonamides is 1. The summed E-state index contributed by atoms with van der Waals surface area (Å²) in [5.41, 5.74) is 1.15. The second kappa shape index (κ2) is 5.32. The molecule has 0 aliphatic rings. The van der Waals surface area contributed by atoms with E-state index in [1.807, 2.05) is 19.9 Å². The number of hydrogen-bond acceptors (Lipinski definition) is 4. The molecule has 1 aromatic heterocycles. The predicted molar refractivity (Wildman–Crippen MR) is 75.9 cm³/mol. The molecule has 0 atom stereocenters. The zero-order chi connectivity index (χ0) is 14.0. The lowest BCUT2D eigenvalue weighted by molar-refractivity contribution is 0.458. The monoisotopic (exact) mass is 297 g/mol. The van der Waals surface area contributed by atoms with E-state index in [-0.39, 0.29) is 17.2 Å². The highest BCUT2D eigenvalue weighted by Crippen LogP contribution is 2.23. The average molecular weight is 297 g/mol. The van der Waals surface area contributed by atoms with E-state index in [0.717, 1.165) is 10.4 Å². The number of para-hydroxylation sites is 1. The summed E-state index contributed by atoms with van der Waals surface area (Å²) >= 11 is 1.56. The number of benzene rings is 1. The van der Waals surface area contributed by atoms with Gasteiger partial charge in [-0.15, -0.1) is 11.3 Å². The van der Waals surface area contributed by atoms with Crippen molar-refractivity contribution in [1.82, 2.24) is 4.72 Å². The number of hydrogen-bond donors (Lipinski definition) is 2. The molecule has 102 valence electrons. The van der Waals surface area contributed by atoms with Crippen LogP contribution in [0.15, 0.2) is 35.2 Å². The smallest absolute Gasteiger partial charge is 0.244 e. The van der Waals surface area contributed by atoms with Crippen LogP contribution in [0.25, 0.3) is 0 Å². The van der Waals surface area contributed by atoms with Crippen molar-refractivity contribution in [2.75, 3.05) is 0 Å². The Morgan fingerprint density at radius 3 is 2.53 bits per heavy atom. The molecule has 0 saturated heterocycles. The Hall–Kier alpha value is -1.37. The van der Waals surface area contributed by atoms with Gasteiger partial charge in [-0.05, 0) is 37.6 Å². The molecule has 0 amide bonds. The maximum absolute atomic E-state index is 12.1. The van der Waals surface area contributed by atoms with Crippen LogP contribution in [0, 0.1) is 13.8 Å². The van der Waals surface area contributed by atoms with Crippen LogP contribution in [0.5, 0.6) is 5.75 Å². The molecule has 0 fully saturated rings. The summed E-state index contributed by atoms with van der Waals surface area (Å²) in [6.45, 7) is 4.23. The van der Waals surface area contributed by atoms with Gasteiger partial charge < -0.3 is 5.11 Å². The third-order valence-electron chi connectivity index (χ3n) is 2.81. The zero-order valence-corrected chi connectivity index (χ0v) is 12.3. The molecule has 2 aromatic rings. The van der Waals surface area contributed by atoms with Gasteiger partial charge in [-0.25, -0.2) is 13.1 Å². The topological polar surface area (TPSA) is 66.4 Å². The second-order valence-corrected chi connectivity index (χ2v) is 7.32. The van der Waals surface area contributed by atoms with Crippen molar-refractivity contribution in [3.8, 4) is 5.75 Å². The fourth-order valence-electron chi connectivity index (χ4n) is 1.67. The number of rotatable bonds is 4. The Kier molecular flexibility index (Phi) is 3.93. The van der Waals surface area contributed by atoms with E-state index in [4.69, 9.17) is 0 Å². The normalized spacial score (nSPS) is 11.7. The molecular weight excluding hydrogens is 282 g/mol. The summed E-state index contributed by atoms with van der Waals surface area (Å²) in [7, 11) is -3.69. The molecule has 6 heteroatoms. The number of nitrogens with one attached hydrogen (secondary N) is 1. The van der Waals surface area contributed by atoms with Crippen LogP contribution in [0.3, 0.4) is 0 Å². The van der Waals surface area contributed by atoms with Crippen molar-refractivity contribution in [2.45, 2.75) is 25.3 Å². The fourth-order valence-corrected chi connectivity index (χ4v) is 3.85. The van der Waals surface area contributed by atoms with Crippen molar-refractivity contribution >= 4 is 21.4 Å². The highest BCUT2D eigenvalue weighted by Gasteiger charge is 2.17. The molecule has 2 rings (SSSR count). The van der Waals surface area contributed by atoms with Gasteiger partial charge in [-0.3, -0.25) is 0 Å². The summed E-state index contributed by atoms with van der Waals surface area (Å²) < 4.78 is 26.6. The number of phenols is 1. The van der Waals surface area contributed by atoms with E-state index in [9.17, 15) is 13.5 Å². The summed E-state index contributed by atoms with van der Waals surface area (Å²) in [5.74, 6) is -0.242. The highest BCUT2D eigenvalue weighted by molar-refractivity contribution is 7.89. The van der Waals surface area contributed by atoms with Crippen molar-refractivity contribution in [1.29, 1.82) is 0 Å². The van der Waals surface area contributed by atoms with Gasteiger partial charge in [-0.1, -0.05) is 12.1 Å². The van der Waals surface area contributed by atoms with Crippen LogP contribution in [0.4, 0.5) is 0 Å². The van der Waals surface area contributed by atoms with E-state index in [2.05, 4.69) is 4.72 Å². The molecule has 0 unspecified atom stereocenters. The van der Waals surface area contributed by atoms with Crippen LogP contribution in [0.1, 0.15) is 15.3 Å². The van der Waals surface area contributed by atoms with Gasteiger partial charge in [0.1, 0.15) is 10.6 Å².